The van der Waals surface area contributed by atoms with Crippen LogP contribution in [-0.4, -0.2) is 19.7 Å². The molecule has 0 amide bonds. The molecule has 0 aliphatic heterocycles. The van der Waals surface area contributed by atoms with Gasteiger partial charge >= 0.3 is 0 Å². The Morgan fingerprint density at radius 1 is 1.47 bits per heavy atom. The Balaban J connectivity index is 1.66. The van der Waals surface area contributed by atoms with Gasteiger partial charge in [-0.05, 0) is 18.9 Å². The summed E-state index contributed by atoms with van der Waals surface area (Å²) in [5.74, 6) is 2.46. The maximum Gasteiger partial charge on any atom is 0.133 e. The van der Waals surface area contributed by atoms with E-state index in [1.807, 2.05) is 31.7 Å². The van der Waals surface area contributed by atoms with E-state index in [9.17, 15) is 0 Å². The Labute approximate surface area is 99.9 Å². The zero-order chi connectivity index (χ0) is 11.7. The summed E-state index contributed by atoms with van der Waals surface area (Å²) in [4.78, 5) is 8.80. The Kier molecular flexibility index (Phi) is 2.51. The number of aromatic nitrogens is 4. The molecule has 88 valence electrons. The van der Waals surface area contributed by atoms with E-state index in [2.05, 4.69) is 20.4 Å². The highest BCUT2D eigenvalue weighted by molar-refractivity contribution is 5.34. The molecule has 2 heterocycles. The summed E-state index contributed by atoms with van der Waals surface area (Å²) in [5, 5.41) is 7.42. The van der Waals surface area contributed by atoms with Crippen molar-refractivity contribution >= 4 is 5.82 Å². The molecule has 3 rings (SSSR count). The first-order valence-electron chi connectivity index (χ1n) is 5.85. The molecule has 2 aromatic rings. The van der Waals surface area contributed by atoms with Gasteiger partial charge in [0.1, 0.15) is 11.6 Å². The lowest BCUT2D eigenvalue weighted by Gasteiger charge is -2.04. The number of nitrogens with one attached hydrogen (secondary N) is 1. The number of rotatable bonds is 4. The fourth-order valence-corrected chi connectivity index (χ4v) is 1.77. The van der Waals surface area contributed by atoms with Gasteiger partial charge in [-0.3, -0.25) is 4.68 Å². The fraction of sp³-hybridized carbons (Fsp3) is 0.417. The van der Waals surface area contributed by atoms with Crippen molar-refractivity contribution in [1.82, 2.24) is 19.7 Å². The summed E-state index contributed by atoms with van der Waals surface area (Å²) in [7, 11) is 1.92. The van der Waals surface area contributed by atoms with E-state index in [0.29, 0.717) is 5.92 Å². The lowest BCUT2D eigenvalue weighted by atomic mass is 10.3. The second kappa shape index (κ2) is 4.16. The minimum Gasteiger partial charge on any atom is -0.366 e. The molecule has 0 saturated heterocycles. The quantitative estimate of drug-likeness (QED) is 0.867. The highest BCUT2D eigenvalue weighted by Gasteiger charge is 2.26. The minimum absolute atomic E-state index is 0.593. The maximum absolute atomic E-state index is 4.51. The van der Waals surface area contributed by atoms with Crippen LogP contribution in [0, 0.1) is 0 Å². The molecule has 0 spiro atoms. The largest absolute Gasteiger partial charge is 0.366 e. The molecule has 2 aromatic heterocycles. The van der Waals surface area contributed by atoms with Crippen molar-refractivity contribution < 1.29 is 0 Å². The van der Waals surface area contributed by atoms with Gasteiger partial charge in [-0.1, -0.05) is 0 Å². The monoisotopic (exact) mass is 229 g/mol. The van der Waals surface area contributed by atoms with E-state index in [0.717, 1.165) is 23.8 Å². The van der Waals surface area contributed by atoms with E-state index in [1.54, 1.807) is 4.68 Å². The predicted molar refractivity (Wildman–Crippen MR) is 64.5 cm³/mol. The van der Waals surface area contributed by atoms with E-state index < -0.39 is 0 Å². The Bertz CT molecular complexity index is 515. The van der Waals surface area contributed by atoms with Crippen LogP contribution in [0.15, 0.2) is 24.7 Å². The van der Waals surface area contributed by atoms with E-state index in [1.165, 1.54) is 12.8 Å². The Morgan fingerprint density at radius 2 is 2.35 bits per heavy atom. The zero-order valence-electron chi connectivity index (χ0n) is 9.80. The number of aryl methyl sites for hydroxylation is 1. The third-order valence-electron chi connectivity index (χ3n) is 2.85. The van der Waals surface area contributed by atoms with Gasteiger partial charge in [0.05, 0.1) is 6.20 Å². The lowest BCUT2D eigenvalue weighted by Crippen LogP contribution is -2.03. The van der Waals surface area contributed by atoms with Crippen molar-refractivity contribution in [1.29, 1.82) is 0 Å². The molecule has 5 nitrogen and oxygen atoms in total. The molecule has 0 aromatic carbocycles. The van der Waals surface area contributed by atoms with Crippen LogP contribution >= 0.6 is 0 Å². The summed E-state index contributed by atoms with van der Waals surface area (Å²) in [6.45, 7) is 0.745. The standard InChI is InChI=1S/C12H15N5/c1-17-8-9(7-15-17)6-14-11-4-5-13-12(16-11)10-2-3-10/h4-5,7-8,10H,2-3,6H2,1H3,(H,13,14,16). The third-order valence-corrected chi connectivity index (χ3v) is 2.85. The second-order valence-electron chi connectivity index (χ2n) is 4.45. The molecule has 17 heavy (non-hydrogen) atoms. The van der Waals surface area contributed by atoms with Gasteiger partial charge in [0.25, 0.3) is 0 Å². The normalized spacial score (nSPS) is 14.9. The smallest absolute Gasteiger partial charge is 0.133 e. The van der Waals surface area contributed by atoms with E-state index in [-0.39, 0.29) is 0 Å². The molecule has 5 heteroatoms. The first-order valence-corrected chi connectivity index (χ1v) is 5.85. The van der Waals surface area contributed by atoms with Crippen molar-refractivity contribution in [2.45, 2.75) is 25.3 Å². The fourth-order valence-electron chi connectivity index (χ4n) is 1.77. The third kappa shape index (κ3) is 2.43. The highest BCUT2D eigenvalue weighted by Crippen LogP contribution is 2.37. The Hall–Kier alpha value is -1.91. The molecule has 0 unspecified atom stereocenters. The van der Waals surface area contributed by atoms with Gasteiger partial charge in [0.15, 0.2) is 0 Å². The number of hydrogen-bond acceptors (Lipinski definition) is 4. The minimum atomic E-state index is 0.593. The molecular weight excluding hydrogens is 214 g/mol. The second-order valence-corrected chi connectivity index (χ2v) is 4.45. The van der Waals surface area contributed by atoms with Crippen LogP contribution in [0.2, 0.25) is 0 Å². The number of nitrogens with zero attached hydrogens (tertiary/aromatic N) is 4. The average Bonchev–Trinajstić information content (AvgIpc) is 3.11. The number of anilines is 1. The van der Waals surface area contributed by atoms with Crippen LogP contribution in [0.4, 0.5) is 5.82 Å². The number of hydrogen-bond donors (Lipinski definition) is 1. The molecule has 1 aliphatic rings. The molecule has 1 saturated carbocycles. The van der Waals surface area contributed by atoms with Gasteiger partial charge in [-0.25, -0.2) is 9.97 Å². The van der Waals surface area contributed by atoms with Crippen LogP contribution in [0.5, 0.6) is 0 Å². The van der Waals surface area contributed by atoms with E-state index >= 15 is 0 Å². The molecule has 1 fully saturated rings. The topological polar surface area (TPSA) is 55.6 Å². The summed E-state index contributed by atoms with van der Waals surface area (Å²) in [5.41, 5.74) is 1.15. The summed E-state index contributed by atoms with van der Waals surface area (Å²) in [6.07, 6.45) is 8.14. The maximum atomic E-state index is 4.51. The van der Waals surface area contributed by atoms with Gasteiger partial charge in [-0.15, -0.1) is 0 Å². The van der Waals surface area contributed by atoms with Crippen LogP contribution in [0.1, 0.15) is 30.1 Å². The van der Waals surface area contributed by atoms with Crippen LogP contribution < -0.4 is 5.32 Å². The van der Waals surface area contributed by atoms with Crippen molar-refractivity contribution in [3.63, 3.8) is 0 Å². The van der Waals surface area contributed by atoms with Gasteiger partial charge in [0.2, 0.25) is 0 Å². The molecule has 1 aliphatic carbocycles. The molecule has 0 atom stereocenters. The highest BCUT2D eigenvalue weighted by atomic mass is 15.2. The predicted octanol–water partition coefficient (Wildman–Crippen LogP) is 1.70. The molecule has 0 radical (unpaired) electrons. The van der Waals surface area contributed by atoms with Crippen molar-refractivity contribution in [3.05, 3.63) is 36.0 Å². The molecule has 1 N–H and O–H groups in total. The average molecular weight is 229 g/mol. The zero-order valence-corrected chi connectivity index (χ0v) is 9.80. The van der Waals surface area contributed by atoms with Gasteiger partial charge in [0, 0.05) is 37.5 Å². The molecule has 0 bridgehead atoms. The Morgan fingerprint density at radius 3 is 3.06 bits per heavy atom. The first-order chi connectivity index (χ1) is 8.31. The SMILES string of the molecule is Cn1cc(CNc2ccnc(C3CC3)n2)cn1. The van der Waals surface area contributed by atoms with Crippen LogP contribution in [0.25, 0.3) is 0 Å². The van der Waals surface area contributed by atoms with Crippen molar-refractivity contribution in [3.8, 4) is 0 Å². The van der Waals surface area contributed by atoms with Crippen molar-refractivity contribution in [2.75, 3.05) is 5.32 Å². The summed E-state index contributed by atoms with van der Waals surface area (Å²) < 4.78 is 1.80. The van der Waals surface area contributed by atoms with Crippen molar-refractivity contribution in [2.24, 2.45) is 7.05 Å². The van der Waals surface area contributed by atoms with E-state index in [4.69, 9.17) is 0 Å². The van der Waals surface area contributed by atoms with Gasteiger partial charge < -0.3 is 5.32 Å². The summed E-state index contributed by atoms with van der Waals surface area (Å²) in [6, 6.07) is 1.91. The van der Waals surface area contributed by atoms with Crippen LogP contribution in [-0.2, 0) is 13.6 Å². The van der Waals surface area contributed by atoms with Gasteiger partial charge in [-0.2, -0.15) is 5.10 Å². The lowest BCUT2D eigenvalue weighted by molar-refractivity contribution is 0.767. The first kappa shape index (κ1) is 10.3. The molecular formula is C12H15N5. The summed E-state index contributed by atoms with van der Waals surface area (Å²) >= 11 is 0. The van der Waals surface area contributed by atoms with Crippen LogP contribution in [0.3, 0.4) is 0 Å².